The fraction of sp³-hybridized carbons (Fsp3) is 0.167. The largest absolute Gasteiger partial charge is 0.497 e. The smallest absolute Gasteiger partial charge is 0.335 e. The van der Waals surface area contributed by atoms with E-state index in [4.69, 9.17) is 19.9 Å². The van der Waals surface area contributed by atoms with E-state index in [1.54, 1.807) is 32.4 Å². The molecule has 2 N–H and O–H groups in total. The number of fused-ring (bicyclic) bond motifs is 3. The predicted molar refractivity (Wildman–Crippen MR) is 136 cm³/mol. The van der Waals surface area contributed by atoms with Crippen LogP contribution in [0.4, 0.5) is 0 Å². The van der Waals surface area contributed by atoms with Crippen LogP contribution < -0.4 is 15.2 Å². The number of hydrogen-bond acceptors (Lipinski definition) is 5. The molecule has 1 atom stereocenters. The van der Waals surface area contributed by atoms with E-state index in [9.17, 15) is 4.79 Å². The van der Waals surface area contributed by atoms with Crippen LogP contribution in [-0.2, 0) is 15.1 Å². The maximum Gasteiger partial charge on any atom is 0.335 e. The van der Waals surface area contributed by atoms with Gasteiger partial charge in [-0.1, -0.05) is 78.9 Å². The minimum absolute atomic E-state index is 0.0656. The van der Waals surface area contributed by atoms with Crippen LogP contribution in [0.2, 0.25) is 0 Å². The van der Waals surface area contributed by atoms with Crippen molar-refractivity contribution in [1.29, 1.82) is 0 Å². The highest BCUT2D eigenvalue weighted by Crippen LogP contribution is 2.45. The third kappa shape index (κ3) is 3.84. The first-order chi connectivity index (χ1) is 17.1. The molecule has 0 bridgehead atoms. The number of carbonyl (C=O) groups excluding carboxylic acids is 1. The van der Waals surface area contributed by atoms with Crippen molar-refractivity contribution in [1.82, 2.24) is 0 Å². The lowest BCUT2D eigenvalue weighted by Crippen LogP contribution is -2.47. The molecule has 0 amide bonds. The molecule has 0 aromatic heterocycles. The monoisotopic (exact) mass is 465 g/mol. The van der Waals surface area contributed by atoms with Crippen LogP contribution in [0, 0.1) is 0 Å². The van der Waals surface area contributed by atoms with Crippen LogP contribution in [0.1, 0.15) is 28.2 Å². The Morgan fingerprint density at radius 1 is 0.800 bits per heavy atom. The first kappa shape index (κ1) is 22.7. The second-order valence-electron chi connectivity index (χ2n) is 8.57. The van der Waals surface area contributed by atoms with Gasteiger partial charge in [0.15, 0.2) is 5.54 Å². The highest BCUT2D eigenvalue weighted by Gasteiger charge is 2.43. The van der Waals surface area contributed by atoms with Gasteiger partial charge in [-0.3, -0.25) is 0 Å². The van der Waals surface area contributed by atoms with Crippen LogP contribution in [-0.4, -0.2) is 26.8 Å². The van der Waals surface area contributed by atoms with Crippen molar-refractivity contribution in [3.63, 3.8) is 0 Å². The topological polar surface area (TPSA) is 70.8 Å². The first-order valence-electron chi connectivity index (χ1n) is 11.5. The van der Waals surface area contributed by atoms with Gasteiger partial charge in [-0.05, 0) is 39.9 Å². The molecule has 0 saturated carbocycles. The van der Waals surface area contributed by atoms with Crippen LogP contribution in [0.25, 0.3) is 11.1 Å². The Labute approximate surface area is 205 Å². The van der Waals surface area contributed by atoms with E-state index in [2.05, 4.69) is 24.3 Å². The molecular weight excluding hydrogens is 438 g/mol. The van der Waals surface area contributed by atoms with Crippen LogP contribution >= 0.6 is 0 Å². The minimum atomic E-state index is -1.57. The molecule has 0 saturated heterocycles. The van der Waals surface area contributed by atoms with Crippen molar-refractivity contribution in [2.24, 2.45) is 5.73 Å². The van der Waals surface area contributed by atoms with Gasteiger partial charge in [0.25, 0.3) is 0 Å². The molecule has 4 aromatic carbocycles. The van der Waals surface area contributed by atoms with Crippen molar-refractivity contribution in [3.05, 3.63) is 119 Å². The number of benzene rings is 4. The number of carbonyl (C=O) groups is 1. The first-order valence-corrected chi connectivity index (χ1v) is 11.5. The Bertz CT molecular complexity index is 1320. The number of ether oxygens (including phenoxy) is 3. The lowest BCUT2D eigenvalue weighted by Gasteiger charge is -2.30. The lowest BCUT2D eigenvalue weighted by molar-refractivity contribution is -0.149. The fourth-order valence-electron chi connectivity index (χ4n) is 4.92. The quantitative estimate of drug-likeness (QED) is 0.377. The van der Waals surface area contributed by atoms with Gasteiger partial charge in [0.05, 0.1) is 14.2 Å². The summed E-state index contributed by atoms with van der Waals surface area (Å²) >= 11 is 0. The standard InChI is InChI=1S/C30H27NO4/c1-33-21-16-17-27(28(18-21)34-2)30(31,20-10-4-3-5-11-20)29(32)35-19-26-24-14-8-6-12-22(24)23-13-7-9-15-25(23)26/h3-18,26H,19,31H2,1-2H3. The summed E-state index contributed by atoms with van der Waals surface area (Å²) in [6.07, 6.45) is 0. The maximum absolute atomic E-state index is 13.8. The number of rotatable bonds is 7. The van der Waals surface area contributed by atoms with Gasteiger partial charge in [0, 0.05) is 17.5 Å². The van der Waals surface area contributed by atoms with Crippen LogP contribution in [0.15, 0.2) is 97.1 Å². The molecule has 4 aromatic rings. The SMILES string of the molecule is COc1ccc(C(N)(C(=O)OCC2c3ccccc3-c3ccccc32)c2ccccc2)c(OC)c1. The van der Waals surface area contributed by atoms with E-state index in [1.165, 1.54) is 11.1 Å². The summed E-state index contributed by atoms with van der Waals surface area (Å²) in [5.41, 5.74) is 11.1. The third-order valence-corrected chi connectivity index (χ3v) is 6.73. The zero-order chi connectivity index (χ0) is 24.4. The Morgan fingerprint density at radius 3 is 2.00 bits per heavy atom. The number of esters is 1. The van der Waals surface area contributed by atoms with E-state index in [0.717, 1.165) is 11.1 Å². The summed E-state index contributed by atoms with van der Waals surface area (Å²) in [5, 5.41) is 0. The normalized spacial score (nSPS) is 13.9. The summed E-state index contributed by atoms with van der Waals surface area (Å²) in [7, 11) is 3.12. The van der Waals surface area contributed by atoms with Crippen molar-refractivity contribution < 1.29 is 19.0 Å². The van der Waals surface area contributed by atoms with Gasteiger partial charge in [0.2, 0.25) is 0 Å². The Hall–Kier alpha value is -4.09. The molecule has 1 aliphatic rings. The predicted octanol–water partition coefficient (Wildman–Crippen LogP) is 5.26. The minimum Gasteiger partial charge on any atom is -0.497 e. The fourth-order valence-corrected chi connectivity index (χ4v) is 4.92. The Morgan fingerprint density at radius 2 is 1.40 bits per heavy atom. The van der Waals surface area contributed by atoms with E-state index < -0.39 is 11.5 Å². The molecular formula is C30H27NO4. The maximum atomic E-state index is 13.8. The molecule has 0 heterocycles. The highest BCUT2D eigenvalue weighted by atomic mass is 16.5. The van der Waals surface area contributed by atoms with E-state index in [-0.39, 0.29) is 12.5 Å². The van der Waals surface area contributed by atoms with Gasteiger partial charge >= 0.3 is 5.97 Å². The van der Waals surface area contributed by atoms with Gasteiger partial charge in [0.1, 0.15) is 18.1 Å². The van der Waals surface area contributed by atoms with Gasteiger partial charge in [-0.15, -0.1) is 0 Å². The van der Waals surface area contributed by atoms with Crippen LogP contribution in [0.5, 0.6) is 11.5 Å². The molecule has 0 fully saturated rings. The zero-order valence-electron chi connectivity index (χ0n) is 19.7. The van der Waals surface area contributed by atoms with E-state index >= 15 is 0 Å². The van der Waals surface area contributed by atoms with Crippen LogP contribution in [0.3, 0.4) is 0 Å². The van der Waals surface area contributed by atoms with E-state index in [1.807, 2.05) is 54.6 Å². The molecule has 176 valence electrons. The van der Waals surface area contributed by atoms with Crippen molar-refractivity contribution in [2.75, 3.05) is 20.8 Å². The average molecular weight is 466 g/mol. The number of methoxy groups -OCH3 is 2. The molecule has 0 aliphatic heterocycles. The highest BCUT2D eigenvalue weighted by molar-refractivity contribution is 5.88. The van der Waals surface area contributed by atoms with Gasteiger partial charge in [-0.25, -0.2) is 4.79 Å². The molecule has 35 heavy (non-hydrogen) atoms. The summed E-state index contributed by atoms with van der Waals surface area (Å²) in [6, 6.07) is 30.9. The Balaban J connectivity index is 1.52. The molecule has 5 nitrogen and oxygen atoms in total. The summed E-state index contributed by atoms with van der Waals surface area (Å²) < 4.78 is 17.0. The van der Waals surface area contributed by atoms with Crippen molar-refractivity contribution in [3.8, 4) is 22.6 Å². The lowest BCUT2D eigenvalue weighted by atomic mass is 9.83. The van der Waals surface area contributed by atoms with Gasteiger partial charge in [-0.2, -0.15) is 0 Å². The zero-order valence-corrected chi connectivity index (χ0v) is 19.7. The van der Waals surface area contributed by atoms with Crippen molar-refractivity contribution >= 4 is 5.97 Å². The summed E-state index contributed by atoms with van der Waals surface area (Å²) in [5.74, 6) is 0.441. The molecule has 5 rings (SSSR count). The number of hydrogen-bond donors (Lipinski definition) is 1. The van der Waals surface area contributed by atoms with Gasteiger partial charge < -0.3 is 19.9 Å². The molecule has 0 radical (unpaired) electrons. The van der Waals surface area contributed by atoms with Crippen molar-refractivity contribution in [2.45, 2.75) is 11.5 Å². The Kier molecular flexibility index (Phi) is 6.01. The summed E-state index contributed by atoms with van der Waals surface area (Å²) in [6.45, 7) is 0.178. The molecule has 1 unspecified atom stereocenters. The summed E-state index contributed by atoms with van der Waals surface area (Å²) in [4.78, 5) is 13.8. The second kappa shape index (κ2) is 9.28. The average Bonchev–Trinajstić information content (AvgIpc) is 3.25. The number of nitrogens with two attached hydrogens (primary N) is 1. The molecule has 1 aliphatic carbocycles. The van der Waals surface area contributed by atoms with E-state index in [0.29, 0.717) is 22.6 Å². The molecule has 0 spiro atoms. The second-order valence-corrected chi connectivity index (χ2v) is 8.57. The third-order valence-electron chi connectivity index (χ3n) is 6.73. The molecule has 5 heteroatoms.